The smallest absolute Gasteiger partial charge is 0.221 e. The highest BCUT2D eigenvalue weighted by Crippen LogP contribution is 2.43. The normalized spacial score (nSPS) is 13.7. The average molecular weight is 487 g/mol. The van der Waals surface area contributed by atoms with Crippen molar-refractivity contribution in [3.8, 4) is 21.8 Å². The number of anilines is 3. The standard InChI is InChI=1S/C26H26N6O2S/c1-15-22-24(35-23(15)17-5-3-6-18(13-17)29-16(2)33)26(32-9-11-34-12-10-32)31-25(30-22)19-7-4-8-21(28)20(19)14-27/h3-8,13-14,27H,9-12,28H2,1-2H3,(H,29,33). The molecule has 1 amide bonds. The Morgan fingerprint density at radius 2 is 1.97 bits per heavy atom. The number of nitrogens with two attached hydrogens (primary N) is 1. The van der Waals surface area contributed by atoms with E-state index in [1.54, 1.807) is 17.4 Å². The molecule has 0 bridgehead atoms. The number of benzene rings is 2. The SMILES string of the molecule is CC(=O)Nc1cccc(-c2sc3c(N4CCOCC4)nc(-c4cccc(N)c4C=N)nc3c2C)c1. The van der Waals surface area contributed by atoms with Crippen LogP contribution in [0, 0.1) is 12.3 Å². The third-order valence-electron chi connectivity index (χ3n) is 6.03. The molecule has 3 heterocycles. The van der Waals surface area contributed by atoms with Crippen molar-refractivity contribution in [3.63, 3.8) is 0 Å². The van der Waals surface area contributed by atoms with E-state index in [9.17, 15) is 4.79 Å². The number of aromatic nitrogens is 2. The number of nitrogen functional groups attached to an aromatic ring is 1. The van der Waals surface area contributed by atoms with Crippen molar-refractivity contribution >= 4 is 50.9 Å². The van der Waals surface area contributed by atoms with E-state index in [0.29, 0.717) is 30.3 Å². The van der Waals surface area contributed by atoms with Gasteiger partial charge in [-0.05, 0) is 36.2 Å². The van der Waals surface area contributed by atoms with Gasteiger partial charge in [0.05, 0.1) is 23.4 Å². The molecule has 0 radical (unpaired) electrons. The predicted octanol–water partition coefficient (Wildman–Crippen LogP) is 4.71. The molecule has 9 heteroatoms. The lowest BCUT2D eigenvalue weighted by Crippen LogP contribution is -2.36. The number of aryl methyl sites for hydroxylation is 1. The summed E-state index contributed by atoms with van der Waals surface area (Å²) in [6.45, 7) is 6.33. The third-order valence-corrected chi connectivity index (χ3v) is 7.35. The lowest BCUT2D eigenvalue weighted by Gasteiger charge is -2.28. The van der Waals surface area contributed by atoms with Gasteiger partial charge < -0.3 is 26.1 Å². The van der Waals surface area contributed by atoms with Gasteiger partial charge in [-0.25, -0.2) is 9.97 Å². The highest BCUT2D eigenvalue weighted by molar-refractivity contribution is 7.23. The molecule has 1 aliphatic heterocycles. The molecular weight excluding hydrogens is 460 g/mol. The Bertz CT molecular complexity index is 1440. The van der Waals surface area contributed by atoms with Gasteiger partial charge in [0.15, 0.2) is 11.6 Å². The Labute approximate surface area is 207 Å². The first-order valence-electron chi connectivity index (χ1n) is 11.4. The number of thiophene rings is 1. The van der Waals surface area contributed by atoms with Crippen molar-refractivity contribution in [2.75, 3.05) is 42.3 Å². The third kappa shape index (κ3) is 4.36. The second kappa shape index (κ2) is 9.44. The van der Waals surface area contributed by atoms with Gasteiger partial charge in [0.25, 0.3) is 0 Å². The van der Waals surface area contributed by atoms with Crippen LogP contribution in [0.4, 0.5) is 17.2 Å². The molecule has 2 aromatic heterocycles. The van der Waals surface area contributed by atoms with E-state index < -0.39 is 0 Å². The fraction of sp³-hybridized carbons (Fsp3) is 0.231. The lowest BCUT2D eigenvalue weighted by atomic mass is 10.1. The maximum Gasteiger partial charge on any atom is 0.221 e. The molecule has 0 spiro atoms. The largest absolute Gasteiger partial charge is 0.398 e. The van der Waals surface area contributed by atoms with Crippen LogP contribution in [0.3, 0.4) is 0 Å². The van der Waals surface area contributed by atoms with E-state index in [1.807, 2.05) is 36.4 Å². The molecule has 0 aliphatic carbocycles. The second-order valence-electron chi connectivity index (χ2n) is 8.42. The Hall–Kier alpha value is -3.82. The molecule has 0 unspecified atom stereocenters. The Morgan fingerprint density at radius 1 is 1.20 bits per heavy atom. The van der Waals surface area contributed by atoms with Crippen LogP contribution in [0.25, 0.3) is 32.0 Å². The number of ether oxygens (including phenoxy) is 1. The minimum atomic E-state index is -0.107. The molecule has 178 valence electrons. The lowest BCUT2D eigenvalue weighted by molar-refractivity contribution is -0.114. The quantitative estimate of drug-likeness (QED) is 0.278. The monoisotopic (exact) mass is 486 g/mol. The number of morpholine rings is 1. The van der Waals surface area contributed by atoms with Crippen LogP contribution < -0.4 is 16.0 Å². The van der Waals surface area contributed by atoms with Crippen molar-refractivity contribution < 1.29 is 9.53 Å². The van der Waals surface area contributed by atoms with Gasteiger partial charge in [-0.15, -0.1) is 11.3 Å². The van der Waals surface area contributed by atoms with Crippen molar-refractivity contribution in [1.29, 1.82) is 5.41 Å². The molecule has 0 atom stereocenters. The van der Waals surface area contributed by atoms with Crippen LogP contribution in [0.2, 0.25) is 0 Å². The molecule has 1 fully saturated rings. The van der Waals surface area contributed by atoms with E-state index >= 15 is 0 Å². The van der Waals surface area contributed by atoms with E-state index in [0.717, 1.165) is 56.4 Å². The molecule has 5 rings (SSSR count). The number of carbonyl (C=O) groups is 1. The summed E-state index contributed by atoms with van der Waals surface area (Å²) in [5, 5.41) is 10.8. The van der Waals surface area contributed by atoms with Gasteiger partial charge >= 0.3 is 0 Å². The van der Waals surface area contributed by atoms with Gasteiger partial charge in [-0.3, -0.25) is 4.79 Å². The van der Waals surface area contributed by atoms with E-state index in [1.165, 1.54) is 13.1 Å². The zero-order valence-electron chi connectivity index (χ0n) is 19.6. The fourth-order valence-corrected chi connectivity index (χ4v) is 5.60. The number of rotatable bonds is 5. The maximum absolute atomic E-state index is 11.6. The van der Waals surface area contributed by atoms with Crippen LogP contribution in [-0.2, 0) is 9.53 Å². The molecule has 4 aromatic rings. The number of carbonyl (C=O) groups excluding carboxylic acids is 1. The number of nitrogens with zero attached hydrogens (tertiary/aromatic N) is 3. The van der Waals surface area contributed by atoms with Crippen molar-refractivity contribution in [3.05, 3.63) is 53.6 Å². The van der Waals surface area contributed by atoms with Crippen LogP contribution >= 0.6 is 11.3 Å². The number of fused-ring (bicyclic) bond motifs is 1. The summed E-state index contributed by atoms with van der Waals surface area (Å²) in [5.74, 6) is 1.30. The van der Waals surface area contributed by atoms with Crippen molar-refractivity contribution in [1.82, 2.24) is 9.97 Å². The first kappa shape index (κ1) is 22.9. The Kier molecular flexibility index (Phi) is 6.19. The number of hydrogen-bond donors (Lipinski definition) is 3. The van der Waals surface area contributed by atoms with Crippen molar-refractivity contribution in [2.45, 2.75) is 13.8 Å². The number of nitrogens with one attached hydrogen (secondary N) is 2. The zero-order valence-corrected chi connectivity index (χ0v) is 20.4. The summed E-state index contributed by atoms with van der Waals surface area (Å²) in [4.78, 5) is 24.9. The highest BCUT2D eigenvalue weighted by Gasteiger charge is 2.23. The molecule has 4 N–H and O–H groups in total. The topological polar surface area (TPSA) is 117 Å². The molecule has 1 aliphatic rings. The van der Waals surface area contributed by atoms with Gasteiger partial charge in [-0.2, -0.15) is 0 Å². The molecular formula is C26H26N6O2S. The van der Waals surface area contributed by atoms with E-state index in [4.69, 9.17) is 25.8 Å². The van der Waals surface area contributed by atoms with Gasteiger partial charge in [0.1, 0.15) is 0 Å². The van der Waals surface area contributed by atoms with E-state index in [2.05, 4.69) is 17.1 Å². The fourth-order valence-electron chi connectivity index (χ4n) is 4.34. The van der Waals surface area contributed by atoms with Crippen molar-refractivity contribution in [2.24, 2.45) is 0 Å². The van der Waals surface area contributed by atoms with Gasteiger partial charge in [-0.1, -0.05) is 24.3 Å². The first-order chi connectivity index (χ1) is 17.0. The Morgan fingerprint density at radius 3 is 2.71 bits per heavy atom. The molecule has 0 saturated carbocycles. The van der Waals surface area contributed by atoms with Crippen LogP contribution in [0.5, 0.6) is 0 Å². The zero-order chi connectivity index (χ0) is 24.5. The Balaban J connectivity index is 1.73. The van der Waals surface area contributed by atoms with Gasteiger partial charge in [0.2, 0.25) is 5.91 Å². The summed E-state index contributed by atoms with van der Waals surface area (Å²) < 4.78 is 6.59. The summed E-state index contributed by atoms with van der Waals surface area (Å²) in [7, 11) is 0. The van der Waals surface area contributed by atoms with E-state index in [-0.39, 0.29) is 5.91 Å². The summed E-state index contributed by atoms with van der Waals surface area (Å²) >= 11 is 1.65. The van der Waals surface area contributed by atoms with Crippen LogP contribution in [-0.4, -0.2) is 48.4 Å². The minimum absolute atomic E-state index is 0.107. The first-order valence-corrected chi connectivity index (χ1v) is 12.2. The minimum Gasteiger partial charge on any atom is -0.398 e. The molecule has 2 aromatic carbocycles. The summed E-state index contributed by atoms with van der Waals surface area (Å²) in [5.41, 5.74) is 11.7. The molecule has 1 saturated heterocycles. The molecule has 8 nitrogen and oxygen atoms in total. The molecule has 35 heavy (non-hydrogen) atoms. The van der Waals surface area contributed by atoms with Gasteiger partial charge in [0, 0.05) is 53.6 Å². The van der Waals surface area contributed by atoms with Crippen LogP contribution in [0.1, 0.15) is 18.1 Å². The predicted molar refractivity (Wildman–Crippen MR) is 143 cm³/mol. The number of amides is 1. The second-order valence-corrected chi connectivity index (χ2v) is 9.44. The average Bonchev–Trinajstić information content (AvgIpc) is 3.20. The summed E-state index contributed by atoms with van der Waals surface area (Å²) in [6, 6.07) is 13.4. The van der Waals surface area contributed by atoms with Crippen LogP contribution in [0.15, 0.2) is 42.5 Å². The number of hydrogen-bond acceptors (Lipinski definition) is 8. The maximum atomic E-state index is 11.6. The highest BCUT2D eigenvalue weighted by atomic mass is 32.1. The summed E-state index contributed by atoms with van der Waals surface area (Å²) in [6.07, 6.45) is 1.26.